The standard InChI is InChI=1S/C15H13F3N4/c16-11-5-6-12(17)13(18)10(11)8-9-4-2-1-3-7-21-15(22-9)14(19)20/h1-7H,8H2,(H3,19,20)(H,21,22). The first-order valence-corrected chi connectivity index (χ1v) is 6.33. The highest BCUT2D eigenvalue weighted by Crippen LogP contribution is 2.18. The predicted molar refractivity (Wildman–Crippen MR) is 76.4 cm³/mol. The molecule has 2 rings (SSSR count). The van der Waals surface area contributed by atoms with Crippen LogP contribution in [0.4, 0.5) is 13.2 Å². The second-order valence-corrected chi connectivity index (χ2v) is 4.43. The number of nitrogens with zero attached hydrogens (tertiary/aromatic N) is 1. The van der Waals surface area contributed by atoms with Gasteiger partial charge < -0.3 is 10.7 Å². The third-order valence-corrected chi connectivity index (χ3v) is 2.85. The lowest BCUT2D eigenvalue weighted by atomic mass is 10.1. The van der Waals surface area contributed by atoms with Gasteiger partial charge in [-0.2, -0.15) is 0 Å². The number of aromatic nitrogens is 2. The molecule has 0 aliphatic carbocycles. The van der Waals surface area contributed by atoms with E-state index in [0.29, 0.717) is 5.69 Å². The zero-order valence-corrected chi connectivity index (χ0v) is 11.4. The van der Waals surface area contributed by atoms with E-state index in [9.17, 15) is 13.2 Å². The molecule has 7 heteroatoms. The van der Waals surface area contributed by atoms with E-state index < -0.39 is 23.0 Å². The van der Waals surface area contributed by atoms with E-state index in [1.54, 1.807) is 18.2 Å². The molecular weight excluding hydrogens is 293 g/mol. The number of hydrogen-bond donors (Lipinski definition) is 3. The lowest BCUT2D eigenvalue weighted by molar-refractivity contribution is 0.482. The Hall–Kier alpha value is -2.83. The molecule has 4 nitrogen and oxygen atoms in total. The molecule has 0 saturated carbocycles. The van der Waals surface area contributed by atoms with Gasteiger partial charge in [0.1, 0.15) is 5.82 Å². The molecule has 0 atom stereocenters. The molecule has 114 valence electrons. The quantitative estimate of drug-likeness (QED) is 0.463. The number of rotatable bonds is 3. The number of nitrogens with two attached hydrogens (primary N) is 1. The average Bonchev–Trinajstić information content (AvgIpc) is 2.59. The van der Waals surface area contributed by atoms with Crippen molar-refractivity contribution in [1.29, 1.82) is 5.41 Å². The maximum atomic E-state index is 13.7. The molecule has 2 aromatic rings. The maximum absolute atomic E-state index is 13.7. The van der Waals surface area contributed by atoms with Crippen LogP contribution in [-0.2, 0) is 6.42 Å². The highest BCUT2D eigenvalue weighted by Gasteiger charge is 2.14. The van der Waals surface area contributed by atoms with Crippen LogP contribution < -0.4 is 5.73 Å². The van der Waals surface area contributed by atoms with E-state index in [1.807, 2.05) is 0 Å². The molecule has 1 aromatic heterocycles. The third kappa shape index (κ3) is 3.63. The number of nitrogens with one attached hydrogen (secondary N) is 2. The Labute approximate surface area is 124 Å². The molecule has 0 amide bonds. The van der Waals surface area contributed by atoms with E-state index >= 15 is 0 Å². The van der Waals surface area contributed by atoms with Gasteiger partial charge in [0.25, 0.3) is 0 Å². The fourth-order valence-electron chi connectivity index (χ4n) is 1.79. The summed E-state index contributed by atoms with van der Waals surface area (Å²) in [5.74, 6) is -3.53. The van der Waals surface area contributed by atoms with Crippen LogP contribution in [0, 0.1) is 22.9 Å². The molecule has 0 spiro atoms. The van der Waals surface area contributed by atoms with Gasteiger partial charge in [-0.15, -0.1) is 0 Å². The molecule has 0 fully saturated rings. The van der Waals surface area contributed by atoms with E-state index in [1.165, 1.54) is 12.3 Å². The molecule has 0 saturated heterocycles. The molecular formula is C15H13F3N4. The fraction of sp³-hybridized carbons (Fsp3) is 0.0667. The van der Waals surface area contributed by atoms with Crippen molar-refractivity contribution >= 4 is 5.84 Å². The van der Waals surface area contributed by atoms with Crippen molar-refractivity contribution in [3.63, 3.8) is 0 Å². The van der Waals surface area contributed by atoms with Gasteiger partial charge in [-0.3, -0.25) is 5.41 Å². The molecule has 0 aliphatic heterocycles. The van der Waals surface area contributed by atoms with Gasteiger partial charge >= 0.3 is 0 Å². The molecule has 1 heterocycles. The van der Waals surface area contributed by atoms with Crippen LogP contribution in [0.2, 0.25) is 0 Å². The van der Waals surface area contributed by atoms with Crippen molar-refractivity contribution < 1.29 is 13.2 Å². The second-order valence-electron chi connectivity index (χ2n) is 4.43. The van der Waals surface area contributed by atoms with E-state index in [0.717, 1.165) is 12.1 Å². The number of benzene rings is 1. The summed E-state index contributed by atoms with van der Waals surface area (Å²) in [4.78, 5) is 6.64. The Morgan fingerprint density at radius 3 is 2.55 bits per heavy atom. The van der Waals surface area contributed by atoms with Crippen LogP contribution in [0.3, 0.4) is 0 Å². The summed E-state index contributed by atoms with van der Waals surface area (Å²) in [5.41, 5.74) is 5.28. The Kier molecular flexibility index (Phi) is 4.77. The minimum atomic E-state index is -1.24. The summed E-state index contributed by atoms with van der Waals surface area (Å²) in [7, 11) is 0. The molecule has 0 radical (unpaired) electrons. The summed E-state index contributed by atoms with van der Waals surface area (Å²) in [6, 6.07) is 8.00. The summed E-state index contributed by atoms with van der Waals surface area (Å²) in [6.45, 7) is 0. The Balaban J connectivity index is 2.55. The number of halogens is 3. The predicted octanol–water partition coefficient (Wildman–Crippen LogP) is 2.83. The minimum absolute atomic E-state index is 0.0309. The van der Waals surface area contributed by atoms with Crippen LogP contribution in [0.25, 0.3) is 0 Å². The first-order valence-electron chi connectivity index (χ1n) is 6.33. The van der Waals surface area contributed by atoms with Crippen molar-refractivity contribution in [3.8, 4) is 0 Å². The minimum Gasteiger partial charge on any atom is -0.381 e. The first kappa shape index (κ1) is 15.6. The van der Waals surface area contributed by atoms with Gasteiger partial charge in [0.2, 0.25) is 0 Å². The van der Waals surface area contributed by atoms with Gasteiger partial charge in [-0.05, 0) is 24.3 Å². The summed E-state index contributed by atoms with van der Waals surface area (Å²) in [5, 5.41) is 7.41. The lowest BCUT2D eigenvalue weighted by Gasteiger charge is -2.06. The Morgan fingerprint density at radius 2 is 1.82 bits per heavy atom. The van der Waals surface area contributed by atoms with E-state index in [2.05, 4.69) is 9.97 Å². The average molecular weight is 306 g/mol. The second kappa shape index (κ2) is 6.75. The van der Waals surface area contributed by atoms with Gasteiger partial charge in [0.15, 0.2) is 23.3 Å². The largest absolute Gasteiger partial charge is 0.381 e. The Bertz CT molecular complexity index is 754. The van der Waals surface area contributed by atoms with Crippen LogP contribution >= 0.6 is 0 Å². The van der Waals surface area contributed by atoms with Crippen molar-refractivity contribution in [3.05, 3.63) is 77.1 Å². The molecule has 1 aromatic carbocycles. The SMILES string of the molecule is N=C(N)c1ncccccc(Cc2c(F)ccc(F)c2F)[nH]1. The van der Waals surface area contributed by atoms with Crippen molar-refractivity contribution in [2.24, 2.45) is 5.73 Å². The van der Waals surface area contributed by atoms with Crippen LogP contribution in [0.5, 0.6) is 0 Å². The summed E-state index contributed by atoms with van der Waals surface area (Å²) >= 11 is 0. The molecule has 0 unspecified atom stereocenters. The highest BCUT2D eigenvalue weighted by atomic mass is 19.2. The topological polar surface area (TPSA) is 78.6 Å². The summed E-state index contributed by atoms with van der Waals surface area (Å²) < 4.78 is 40.7. The molecule has 0 aliphatic rings. The van der Waals surface area contributed by atoms with Gasteiger partial charge in [-0.25, -0.2) is 18.2 Å². The lowest BCUT2D eigenvalue weighted by Crippen LogP contribution is -2.15. The van der Waals surface area contributed by atoms with Crippen LogP contribution in [0.1, 0.15) is 17.1 Å². The number of aromatic amines is 1. The monoisotopic (exact) mass is 306 g/mol. The first-order chi connectivity index (χ1) is 10.5. The van der Waals surface area contributed by atoms with Crippen molar-refractivity contribution in [2.45, 2.75) is 6.42 Å². The number of nitrogen functional groups attached to an aromatic ring is 1. The third-order valence-electron chi connectivity index (χ3n) is 2.85. The zero-order chi connectivity index (χ0) is 16.1. The van der Waals surface area contributed by atoms with Gasteiger partial charge in [0.05, 0.1) is 0 Å². The number of amidine groups is 1. The van der Waals surface area contributed by atoms with E-state index in [4.69, 9.17) is 11.1 Å². The van der Waals surface area contributed by atoms with E-state index in [-0.39, 0.29) is 18.1 Å². The van der Waals surface area contributed by atoms with Crippen molar-refractivity contribution in [1.82, 2.24) is 9.97 Å². The number of H-pyrrole nitrogens is 1. The molecule has 22 heavy (non-hydrogen) atoms. The zero-order valence-electron chi connectivity index (χ0n) is 11.4. The molecule has 0 bridgehead atoms. The number of hydrogen-bond acceptors (Lipinski definition) is 2. The Morgan fingerprint density at radius 1 is 1.09 bits per heavy atom. The normalized spacial score (nSPS) is 10.1. The van der Waals surface area contributed by atoms with Gasteiger partial charge in [0, 0.05) is 23.9 Å². The smallest absolute Gasteiger partial charge is 0.172 e. The maximum Gasteiger partial charge on any atom is 0.172 e. The van der Waals surface area contributed by atoms with Crippen LogP contribution in [-0.4, -0.2) is 15.8 Å². The highest BCUT2D eigenvalue weighted by molar-refractivity contribution is 5.90. The summed E-state index contributed by atoms with van der Waals surface area (Å²) in [6.07, 6.45) is 1.17. The van der Waals surface area contributed by atoms with Crippen LogP contribution in [0.15, 0.2) is 42.6 Å². The molecule has 4 N–H and O–H groups in total. The van der Waals surface area contributed by atoms with Gasteiger partial charge in [-0.1, -0.05) is 12.1 Å². The fourth-order valence-corrected chi connectivity index (χ4v) is 1.79. The van der Waals surface area contributed by atoms with Crippen molar-refractivity contribution in [2.75, 3.05) is 0 Å².